The first-order valence-corrected chi connectivity index (χ1v) is 7.67. The first kappa shape index (κ1) is 15.3. The monoisotopic (exact) mass is 338 g/mol. The molecule has 0 saturated carbocycles. The number of benzene rings is 2. The Morgan fingerprint density at radius 2 is 1.84 bits per heavy atom. The number of nitro benzene ring substituents is 1. The Hall–Kier alpha value is -3.26. The van der Waals surface area contributed by atoms with E-state index in [1.54, 1.807) is 12.1 Å². The summed E-state index contributed by atoms with van der Waals surface area (Å²) in [5.74, 6) is 1.32. The fraction of sp³-hybridized carbons (Fsp3) is 0.176. The molecule has 0 amide bonds. The summed E-state index contributed by atoms with van der Waals surface area (Å²) in [5.41, 5.74) is 9.69. The number of nitrogens with two attached hydrogens (primary N) is 1. The third-order valence-corrected chi connectivity index (χ3v) is 4.13. The standard InChI is InChI=1S/C17H14N4O4/c18-8-12-5-11-6-15-16(25-9-24-15)7-14(11)17(20-19-12)10-1-3-13(4-2-10)21(22)23/h1-4,6-7H,5,8-9,18H2. The van der Waals surface area contributed by atoms with Gasteiger partial charge in [0.05, 0.1) is 10.6 Å². The summed E-state index contributed by atoms with van der Waals surface area (Å²) in [5, 5.41) is 19.4. The molecule has 8 nitrogen and oxygen atoms in total. The highest BCUT2D eigenvalue weighted by atomic mass is 16.7. The van der Waals surface area contributed by atoms with Crippen molar-refractivity contribution in [3.8, 4) is 11.5 Å². The Bertz CT molecular complexity index is 919. The van der Waals surface area contributed by atoms with E-state index in [0.717, 1.165) is 22.4 Å². The zero-order valence-corrected chi connectivity index (χ0v) is 13.1. The van der Waals surface area contributed by atoms with Gasteiger partial charge in [-0.05, 0) is 29.8 Å². The van der Waals surface area contributed by atoms with Gasteiger partial charge in [0.25, 0.3) is 5.69 Å². The van der Waals surface area contributed by atoms with Crippen molar-refractivity contribution in [3.63, 3.8) is 0 Å². The minimum Gasteiger partial charge on any atom is -0.454 e. The van der Waals surface area contributed by atoms with E-state index in [4.69, 9.17) is 15.2 Å². The number of hydrogen-bond acceptors (Lipinski definition) is 7. The van der Waals surface area contributed by atoms with Gasteiger partial charge in [-0.1, -0.05) is 0 Å². The number of rotatable bonds is 3. The van der Waals surface area contributed by atoms with Gasteiger partial charge in [0.2, 0.25) is 6.79 Å². The van der Waals surface area contributed by atoms with Crippen LogP contribution >= 0.6 is 0 Å². The minimum atomic E-state index is -0.435. The molecule has 0 aliphatic carbocycles. The molecular formula is C17H14N4O4. The first-order valence-electron chi connectivity index (χ1n) is 7.67. The molecule has 2 aliphatic heterocycles. The number of ether oxygens (including phenoxy) is 2. The number of nitrogens with zero attached hydrogens (tertiary/aromatic N) is 3. The van der Waals surface area contributed by atoms with E-state index in [1.807, 2.05) is 12.1 Å². The summed E-state index contributed by atoms with van der Waals surface area (Å²) in [6.07, 6.45) is 0.558. The smallest absolute Gasteiger partial charge is 0.269 e. The van der Waals surface area contributed by atoms with E-state index in [1.165, 1.54) is 12.1 Å². The molecule has 0 bridgehead atoms. The van der Waals surface area contributed by atoms with Crippen LogP contribution in [0.5, 0.6) is 11.5 Å². The molecule has 2 aromatic carbocycles. The van der Waals surface area contributed by atoms with Crippen molar-refractivity contribution < 1.29 is 14.4 Å². The van der Waals surface area contributed by atoms with Gasteiger partial charge in [0, 0.05) is 36.2 Å². The van der Waals surface area contributed by atoms with Crippen LogP contribution in [0.25, 0.3) is 0 Å². The van der Waals surface area contributed by atoms with Gasteiger partial charge in [-0.25, -0.2) is 0 Å². The molecule has 4 rings (SSSR count). The van der Waals surface area contributed by atoms with E-state index in [-0.39, 0.29) is 12.5 Å². The quantitative estimate of drug-likeness (QED) is 0.679. The molecule has 2 heterocycles. The summed E-state index contributed by atoms with van der Waals surface area (Å²) in [7, 11) is 0. The topological polar surface area (TPSA) is 112 Å². The van der Waals surface area contributed by atoms with Crippen LogP contribution in [0.15, 0.2) is 46.6 Å². The highest BCUT2D eigenvalue weighted by Crippen LogP contribution is 2.36. The summed E-state index contributed by atoms with van der Waals surface area (Å²) in [6.45, 7) is 0.477. The van der Waals surface area contributed by atoms with Crippen molar-refractivity contribution in [2.45, 2.75) is 6.42 Å². The highest BCUT2D eigenvalue weighted by molar-refractivity contribution is 6.15. The molecule has 8 heteroatoms. The Labute approximate surface area is 142 Å². The van der Waals surface area contributed by atoms with Crippen LogP contribution in [0, 0.1) is 10.1 Å². The van der Waals surface area contributed by atoms with Crippen LogP contribution in [-0.2, 0) is 6.42 Å². The van der Waals surface area contributed by atoms with Crippen molar-refractivity contribution >= 4 is 17.1 Å². The van der Waals surface area contributed by atoms with Crippen LogP contribution in [0.4, 0.5) is 5.69 Å². The highest BCUT2D eigenvalue weighted by Gasteiger charge is 2.23. The summed E-state index contributed by atoms with van der Waals surface area (Å²) in [6, 6.07) is 10.00. The molecule has 25 heavy (non-hydrogen) atoms. The average Bonchev–Trinajstić information content (AvgIpc) is 3.00. The van der Waals surface area contributed by atoms with Crippen molar-refractivity contribution in [2.75, 3.05) is 13.3 Å². The van der Waals surface area contributed by atoms with Gasteiger partial charge in [-0.3, -0.25) is 10.1 Å². The second-order valence-electron chi connectivity index (χ2n) is 5.66. The van der Waals surface area contributed by atoms with Gasteiger partial charge < -0.3 is 15.2 Å². The summed E-state index contributed by atoms with van der Waals surface area (Å²) < 4.78 is 10.9. The van der Waals surface area contributed by atoms with Gasteiger partial charge in [-0.2, -0.15) is 5.10 Å². The van der Waals surface area contributed by atoms with Crippen LogP contribution in [0.3, 0.4) is 0 Å². The van der Waals surface area contributed by atoms with Crippen molar-refractivity contribution in [1.29, 1.82) is 0 Å². The van der Waals surface area contributed by atoms with Crippen LogP contribution in [0.2, 0.25) is 0 Å². The minimum absolute atomic E-state index is 0.0232. The SMILES string of the molecule is NCC1=NN=C(c2ccc([N+](=O)[O-])cc2)c2cc3c(cc2C1)OCO3. The lowest BCUT2D eigenvalue weighted by molar-refractivity contribution is -0.384. The zero-order valence-electron chi connectivity index (χ0n) is 13.1. The van der Waals surface area contributed by atoms with E-state index >= 15 is 0 Å². The van der Waals surface area contributed by atoms with E-state index in [9.17, 15) is 10.1 Å². The maximum atomic E-state index is 10.9. The lowest BCUT2D eigenvalue weighted by atomic mass is 9.94. The molecule has 2 aromatic rings. The lowest BCUT2D eigenvalue weighted by Crippen LogP contribution is -2.16. The van der Waals surface area contributed by atoms with Crippen LogP contribution in [0.1, 0.15) is 16.7 Å². The third-order valence-electron chi connectivity index (χ3n) is 4.13. The van der Waals surface area contributed by atoms with Crippen molar-refractivity contribution in [3.05, 3.63) is 63.2 Å². The Balaban J connectivity index is 1.85. The Kier molecular flexibility index (Phi) is 3.66. The third kappa shape index (κ3) is 2.72. The molecule has 0 atom stereocenters. The molecule has 126 valence electrons. The molecule has 2 N–H and O–H groups in total. The first-order chi connectivity index (χ1) is 12.2. The van der Waals surface area contributed by atoms with Crippen LogP contribution < -0.4 is 15.2 Å². The van der Waals surface area contributed by atoms with Gasteiger partial charge in [0.15, 0.2) is 11.5 Å². The predicted octanol–water partition coefficient (Wildman–Crippen LogP) is 2.03. The van der Waals surface area contributed by atoms with Gasteiger partial charge in [0.1, 0.15) is 5.71 Å². The van der Waals surface area contributed by atoms with Crippen LogP contribution in [-0.4, -0.2) is 29.7 Å². The number of non-ortho nitro benzene ring substituents is 1. The van der Waals surface area contributed by atoms with E-state index < -0.39 is 4.92 Å². The molecular weight excluding hydrogens is 324 g/mol. The molecule has 0 fully saturated rings. The normalized spacial score (nSPS) is 15.1. The molecule has 0 saturated heterocycles. The number of fused-ring (bicyclic) bond motifs is 2. The second kappa shape index (κ2) is 5.99. The summed E-state index contributed by atoms with van der Waals surface area (Å²) >= 11 is 0. The summed E-state index contributed by atoms with van der Waals surface area (Å²) in [4.78, 5) is 10.4. The fourth-order valence-corrected chi connectivity index (χ4v) is 2.85. The number of nitro groups is 1. The largest absolute Gasteiger partial charge is 0.454 e. The Morgan fingerprint density at radius 3 is 2.52 bits per heavy atom. The molecule has 0 radical (unpaired) electrons. The lowest BCUT2D eigenvalue weighted by Gasteiger charge is -2.11. The molecule has 0 unspecified atom stereocenters. The Morgan fingerprint density at radius 1 is 1.12 bits per heavy atom. The van der Waals surface area contributed by atoms with Gasteiger partial charge >= 0.3 is 0 Å². The number of hydrogen-bond donors (Lipinski definition) is 1. The molecule has 0 aromatic heterocycles. The fourth-order valence-electron chi connectivity index (χ4n) is 2.85. The van der Waals surface area contributed by atoms with E-state index in [0.29, 0.717) is 30.2 Å². The average molecular weight is 338 g/mol. The molecule has 2 aliphatic rings. The maximum Gasteiger partial charge on any atom is 0.269 e. The van der Waals surface area contributed by atoms with Gasteiger partial charge in [-0.15, -0.1) is 5.10 Å². The zero-order chi connectivity index (χ0) is 17.4. The predicted molar refractivity (Wildman–Crippen MR) is 91.5 cm³/mol. The second-order valence-corrected chi connectivity index (χ2v) is 5.66. The maximum absolute atomic E-state index is 10.9. The van der Waals surface area contributed by atoms with Crippen molar-refractivity contribution in [1.82, 2.24) is 0 Å². The molecule has 0 spiro atoms. The van der Waals surface area contributed by atoms with E-state index in [2.05, 4.69) is 10.2 Å². The van der Waals surface area contributed by atoms with Crippen molar-refractivity contribution in [2.24, 2.45) is 15.9 Å².